The predicted octanol–water partition coefficient (Wildman–Crippen LogP) is 1.40. The summed E-state index contributed by atoms with van der Waals surface area (Å²) in [5, 5.41) is 18.6. The van der Waals surface area contributed by atoms with Crippen LogP contribution in [0.2, 0.25) is 0 Å². The number of hydrogen-bond acceptors (Lipinski definition) is 4. The molecular formula is C13H13N3O3. The minimum atomic E-state index is -0.895. The quantitative estimate of drug-likeness (QED) is 0.487. The fraction of sp³-hybridized carbons (Fsp3) is 0.231. The maximum Gasteiger partial charge on any atom is 0.339 e. The Morgan fingerprint density at radius 3 is 2.68 bits per heavy atom. The molecule has 98 valence electrons. The van der Waals surface area contributed by atoms with Crippen LogP contribution in [0.5, 0.6) is 5.75 Å². The number of amides is 2. The van der Waals surface area contributed by atoms with Crippen LogP contribution >= 0.6 is 0 Å². The van der Waals surface area contributed by atoms with Gasteiger partial charge in [0.05, 0.1) is 17.7 Å². The number of hydroxylamine groups is 2. The molecule has 1 aliphatic rings. The number of nitrogens with two attached hydrogens (primary N) is 1. The number of nitrogens with zero attached hydrogens (tertiary/aromatic N) is 2. The van der Waals surface area contributed by atoms with E-state index in [-0.39, 0.29) is 6.10 Å². The van der Waals surface area contributed by atoms with Gasteiger partial charge in [-0.2, -0.15) is 10.3 Å². The largest absolute Gasteiger partial charge is 0.486 e. The molecule has 3 N–H and O–H groups in total. The summed E-state index contributed by atoms with van der Waals surface area (Å²) in [6, 6.07) is 7.37. The van der Waals surface area contributed by atoms with Crippen LogP contribution < -0.4 is 10.5 Å². The number of carbonyl (C=O) groups is 1. The first kappa shape index (κ1) is 12.9. The van der Waals surface area contributed by atoms with Gasteiger partial charge in [0, 0.05) is 6.42 Å². The van der Waals surface area contributed by atoms with E-state index in [2.05, 4.69) is 0 Å². The molecule has 2 rings (SSSR count). The predicted molar refractivity (Wildman–Crippen MR) is 66.3 cm³/mol. The third-order valence-corrected chi connectivity index (χ3v) is 2.83. The second-order valence-electron chi connectivity index (χ2n) is 4.16. The Morgan fingerprint density at radius 2 is 2.11 bits per heavy atom. The molecular weight excluding hydrogens is 246 g/mol. The summed E-state index contributed by atoms with van der Waals surface area (Å²) in [6.45, 7) is 0. The molecule has 0 saturated carbocycles. The molecule has 19 heavy (non-hydrogen) atoms. The minimum Gasteiger partial charge on any atom is -0.486 e. The summed E-state index contributed by atoms with van der Waals surface area (Å²) in [7, 11) is 0. The Balaban J connectivity index is 1.94. The minimum absolute atomic E-state index is 0.244. The van der Waals surface area contributed by atoms with E-state index in [9.17, 15) is 10.0 Å². The summed E-state index contributed by atoms with van der Waals surface area (Å²) in [5.41, 5.74) is 5.54. The van der Waals surface area contributed by atoms with E-state index < -0.39 is 12.1 Å². The highest BCUT2D eigenvalue weighted by molar-refractivity contribution is 5.71. The van der Waals surface area contributed by atoms with E-state index in [0.29, 0.717) is 22.8 Å². The van der Waals surface area contributed by atoms with Gasteiger partial charge < -0.3 is 10.5 Å². The van der Waals surface area contributed by atoms with Crippen molar-refractivity contribution in [3.63, 3.8) is 0 Å². The first-order valence-electron chi connectivity index (χ1n) is 5.73. The Morgan fingerprint density at radius 1 is 1.42 bits per heavy atom. The fourth-order valence-corrected chi connectivity index (χ4v) is 1.86. The summed E-state index contributed by atoms with van der Waals surface area (Å²) in [4.78, 5) is 10.8. The van der Waals surface area contributed by atoms with Gasteiger partial charge in [0.2, 0.25) is 0 Å². The molecule has 0 radical (unpaired) electrons. The van der Waals surface area contributed by atoms with Crippen LogP contribution in [0.25, 0.3) is 0 Å². The number of hydrogen-bond donors (Lipinski definition) is 2. The Bertz CT molecular complexity index is 533. The van der Waals surface area contributed by atoms with Gasteiger partial charge in [0.15, 0.2) is 0 Å². The highest BCUT2D eigenvalue weighted by Gasteiger charge is 2.26. The van der Waals surface area contributed by atoms with Gasteiger partial charge >= 0.3 is 6.03 Å². The summed E-state index contributed by atoms with van der Waals surface area (Å²) in [5.74, 6) is 0.623. The summed E-state index contributed by atoms with van der Waals surface area (Å²) in [6.07, 6.45) is 3.61. The molecule has 1 aromatic carbocycles. The first-order chi connectivity index (χ1) is 9.10. The van der Waals surface area contributed by atoms with Gasteiger partial charge in [-0.3, -0.25) is 5.21 Å². The van der Waals surface area contributed by atoms with Crippen LogP contribution in [0.15, 0.2) is 36.4 Å². The third kappa shape index (κ3) is 3.03. The highest BCUT2D eigenvalue weighted by Crippen LogP contribution is 2.22. The number of rotatable bonds is 3. The fourth-order valence-electron chi connectivity index (χ4n) is 1.86. The van der Waals surface area contributed by atoms with Crippen molar-refractivity contribution in [2.75, 3.05) is 0 Å². The third-order valence-electron chi connectivity index (χ3n) is 2.83. The van der Waals surface area contributed by atoms with Crippen molar-refractivity contribution in [2.45, 2.75) is 18.6 Å². The Hall–Kier alpha value is -2.52. The van der Waals surface area contributed by atoms with Crippen LogP contribution in [0, 0.1) is 11.3 Å². The number of benzene rings is 1. The molecule has 0 aromatic heterocycles. The van der Waals surface area contributed by atoms with Crippen LogP contribution in [0.4, 0.5) is 4.79 Å². The number of urea groups is 1. The van der Waals surface area contributed by atoms with Crippen molar-refractivity contribution in [1.82, 2.24) is 5.06 Å². The molecule has 2 amide bonds. The van der Waals surface area contributed by atoms with Crippen molar-refractivity contribution in [2.24, 2.45) is 5.73 Å². The van der Waals surface area contributed by atoms with Gasteiger partial charge in [-0.05, 0) is 30.3 Å². The smallest absolute Gasteiger partial charge is 0.339 e. The molecule has 6 heteroatoms. The lowest BCUT2D eigenvalue weighted by Crippen LogP contribution is -2.40. The second-order valence-corrected chi connectivity index (χ2v) is 4.16. The summed E-state index contributed by atoms with van der Waals surface area (Å²) >= 11 is 0. The van der Waals surface area contributed by atoms with Crippen molar-refractivity contribution >= 4 is 6.03 Å². The maximum absolute atomic E-state index is 10.8. The Labute approximate surface area is 110 Å². The van der Waals surface area contributed by atoms with Gasteiger partial charge in [-0.25, -0.2) is 4.79 Å². The lowest BCUT2D eigenvalue weighted by atomic mass is 10.2. The van der Waals surface area contributed by atoms with E-state index in [0.717, 1.165) is 0 Å². The van der Waals surface area contributed by atoms with E-state index in [1.807, 2.05) is 6.07 Å². The first-order valence-corrected chi connectivity index (χ1v) is 5.73. The molecule has 1 aromatic rings. The van der Waals surface area contributed by atoms with Gasteiger partial charge in [0.25, 0.3) is 0 Å². The number of ether oxygens (including phenoxy) is 1. The van der Waals surface area contributed by atoms with Crippen molar-refractivity contribution < 1.29 is 14.7 Å². The SMILES string of the molecule is N#Cc1ccc(O[C@H]2C=C[C@H](N(O)C(N)=O)C2)cc1. The molecule has 0 saturated heterocycles. The van der Waals surface area contributed by atoms with E-state index in [1.54, 1.807) is 36.4 Å². The van der Waals surface area contributed by atoms with Gasteiger partial charge in [0.1, 0.15) is 11.9 Å². The summed E-state index contributed by atoms with van der Waals surface area (Å²) < 4.78 is 5.65. The molecule has 0 spiro atoms. The monoisotopic (exact) mass is 259 g/mol. The molecule has 0 aliphatic heterocycles. The standard InChI is InChI=1S/C13H13N3O3/c14-8-9-1-4-11(5-2-9)19-12-6-3-10(7-12)16(18)13(15)17/h1-6,10,12,18H,7H2,(H2,15,17)/t10-,12-/m0/s1. The Kier molecular flexibility index (Phi) is 3.68. The van der Waals surface area contributed by atoms with Crippen LogP contribution in [-0.4, -0.2) is 28.4 Å². The zero-order valence-corrected chi connectivity index (χ0v) is 10.1. The molecule has 0 heterocycles. The average Bonchev–Trinajstić information content (AvgIpc) is 2.87. The van der Waals surface area contributed by atoms with Gasteiger partial charge in [-0.1, -0.05) is 6.08 Å². The maximum atomic E-state index is 10.8. The zero-order chi connectivity index (χ0) is 13.8. The average molecular weight is 259 g/mol. The lowest BCUT2D eigenvalue weighted by Gasteiger charge is -2.20. The molecule has 6 nitrogen and oxygen atoms in total. The second kappa shape index (κ2) is 5.42. The van der Waals surface area contributed by atoms with Crippen molar-refractivity contribution in [1.29, 1.82) is 5.26 Å². The van der Waals surface area contributed by atoms with Crippen LogP contribution in [0.3, 0.4) is 0 Å². The number of carbonyl (C=O) groups excluding carboxylic acids is 1. The molecule has 0 fully saturated rings. The van der Waals surface area contributed by atoms with E-state index in [1.165, 1.54) is 0 Å². The van der Waals surface area contributed by atoms with Crippen LogP contribution in [-0.2, 0) is 0 Å². The highest BCUT2D eigenvalue weighted by atomic mass is 16.5. The lowest BCUT2D eigenvalue weighted by molar-refractivity contribution is -0.0645. The van der Waals surface area contributed by atoms with E-state index in [4.69, 9.17) is 15.7 Å². The topological polar surface area (TPSA) is 99.6 Å². The van der Waals surface area contributed by atoms with Crippen molar-refractivity contribution in [3.05, 3.63) is 42.0 Å². The van der Waals surface area contributed by atoms with Crippen LogP contribution in [0.1, 0.15) is 12.0 Å². The van der Waals surface area contributed by atoms with Gasteiger partial charge in [-0.15, -0.1) is 0 Å². The molecule has 0 unspecified atom stereocenters. The van der Waals surface area contributed by atoms with E-state index >= 15 is 0 Å². The molecule has 0 bridgehead atoms. The van der Waals surface area contributed by atoms with Crippen molar-refractivity contribution in [3.8, 4) is 11.8 Å². The molecule has 2 atom stereocenters. The molecule has 1 aliphatic carbocycles. The number of nitriles is 1. The number of primary amides is 1. The normalized spacial score (nSPS) is 20.8. The zero-order valence-electron chi connectivity index (χ0n) is 10.1.